The maximum Gasteiger partial charge on any atom is 0.269 e. The lowest BCUT2D eigenvalue weighted by Crippen LogP contribution is -2.33. The first kappa shape index (κ1) is 19.2. The second-order valence-corrected chi connectivity index (χ2v) is 6.51. The van der Waals surface area contributed by atoms with Crippen molar-refractivity contribution < 1.29 is 9.72 Å². The van der Waals surface area contributed by atoms with Crippen LogP contribution >= 0.6 is 12.2 Å². The zero-order valence-corrected chi connectivity index (χ0v) is 15.8. The van der Waals surface area contributed by atoms with Crippen LogP contribution in [0.5, 0.6) is 0 Å². The molecule has 0 bridgehead atoms. The molecule has 0 heterocycles. The van der Waals surface area contributed by atoms with E-state index >= 15 is 0 Å². The molecule has 0 aromatic heterocycles. The summed E-state index contributed by atoms with van der Waals surface area (Å²) >= 11 is 5.15. The number of anilines is 1. The van der Waals surface area contributed by atoms with Gasteiger partial charge in [0, 0.05) is 23.9 Å². The van der Waals surface area contributed by atoms with Crippen molar-refractivity contribution in [2.75, 3.05) is 5.32 Å². The van der Waals surface area contributed by atoms with Gasteiger partial charge in [0.05, 0.1) is 4.92 Å². The highest BCUT2D eigenvalue weighted by atomic mass is 32.1. The Labute approximate surface area is 167 Å². The molecular formula is C21H17N3O3S. The number of nitro groups is 1. The smallest absolute Gasteiger partial charge is 0.269 e. The Hall–Kier alpha value is -3.58. The van der Waals surface area contributed by atoms with E-state index in [0.717, 1.165) is 16.3 Å². The van der Waals surface area contributed by atoms with Gasteiger partial charge in [0.25, 0.3) is 5.69 Å². The molecule has 140 valence electrons. The Bertz CT molecular complexity index is 1100. The number of nitrogens with one attached hydrogen (secondary N) is 2. The van der Waals surface area contributed by atoms with Gasteiger partial charge in [0.2, 0.25) is 5.91 Å². The zero-order chi connectivity index (χ0) is 20.1. The third-order valence-corrected chi connectivity index (χ3v) is 4.35. The molecule has 3 aromatic carbocycles. The van der Waals surface area contributed by atoms with Gasteiger partial charge in [0.15, 0.2) is 5.11 Å². The van der Waals surface area contributed by atoms with Crippen molar-refractivity contribution in [1.82, 2.24) is 5.32 Å². The Kier molecular flexibility index (Phi) is 5.76. The first-order valence-corrected chi connectivity index (χ1v) is 8.88. The lowest BCUT2D eigenvalue weighted by molar-refractivity contribution is -0.384. The van der Waals surface area contributed by atoms with Crippen molar-refractivity contribution in [3.63, 3.8) is 0 Å². The van der Waals surface area contributed by atoms with E-state index in [9.17, 15) is 14.9 Å². The van der Waals surface area contributed by atoms with E-state index in [2.05, 4.69) is 10.6 Å². The van der Waals surface area contributed by atoms with Gasteiger partial charge in [0.1, 0.15) is 0 Å². The highest BCUT2D eigenvalue weighted by Crippen LogP contribution is 2.21. The number of rotatable bonds is 4. The lowest BCUT2D eigenvalue weighted by atomic mass is 10.0. The summed E-state index contributed by atoms with van der Waals surface area (Å²) in [4.78, 5) is 22.5. The van der Waals surface area contributed by atoms with Gasteiger partial charge in [-0.25, -0.2) is 0 Å². The minimum Gasteiger partial charge on any atom is -0.332 e. The van der Waals surface area contributed by atoms with E-state index in [1.807, 2.05) is 42.5 Å². The topological polar surface area (TPSA) is 84.3 Å². The molecule has 0 unspecified atom stereocenters. The highest BCUT2D eigenvalue weighted by Gasteiger charge is 2.09. The second kappa shape index (κ2) is 8.41. The van der Waals surface area contributed by atoms with Crippen molar-refractivity contribution in [2.45, 2.75) is 6.92 Å². The number of amides is 1. The monoisotopic (exact) mass is 391 g/mol. The van der Waals surface area contributed by atoms with E-state index in [1.54, 1.807) is 19.1 Å². The van der Waals surface area contributed by atoms with Gasteiger partial charge >= 0.3 is 0 Å². The molecular weight excluding hydrogens is 374 g/mol. The highest BCUT2D eigenvalue weighted by molar-refractivity contribution is 7.80. The molecule has 7 heteroatoms. The molecule has 0 saturated carbocycles. The molecule has 0 aliphatic carbocycles. The fraction of sp³-hybridized carbons (Fsp3) is 0.0476. The Balaban J connectivity index is 1.65. The van der Waals surface area contributed by atoms with Gasteiger partial charge in [-0.2, -0.15) is 0 Å². The van der Waals surface area contributed by atoms with Gasteiger partial charge in [-0.15, -0.1) is 0 Å². The van der Waals surface area contributed by atoms with Crippen LogP contribution in [-0.2, 0) is 4.79 Å². The molecule has 0 atom stereocenters. The average Bonchev–Trinajstić information content (AvgIpc) is 2.67. The number of aryl methyl sites for hydroxylation is 1. The quantitative estimate of drug-likeness (QED) is 0.294. The summed E-state index contributed by atoms with van der Waals surface area (Å²) in [7, 11) is 0. The summed E-state index contributed by atoms with van der Waals surface area (Å²) in [5, 5.41) is 18.5. The van der Waals surface area contributed by atoms with Crippen LogP contribution in [0.2, 0.25) is 0 Å². The summed E-state index contributed by atoms with van der Waals surface area (Å²) in [6.07, 6.45) is 3.15. The predicted molar refractivity (Wildman–Crippen MR) is 115 cm³/mol. The number of non-ortho nitro benzene ring substituents is 1. The number of carbonyl (C=O) groups excluding carboxylic acids is 1. The van der Waals surface area contributed by atoms with E-state index in [1.165, 1.54) is 18.2 Å². The number of hydrogen-bond acceptors (Lipinski definition) is 4. The number of nitrogens with zero attached hydrogens (tertiary/aromatic N) is 1. The summed E-state index contributed by atoms with van der Waals surface area (Å²) < 4.78 is 0. The summed E-state index contributed by atoms with van der Waals surface area (Å²) in [5.41, 5.74) is 2.17. The number of fused-ring (bicyclic) bond motifs is 1. The lowest BCUT2D eigenvalue weighted by Gasteiger charge is -2.10. The molecule has 0 fully saturated rings. The summed E-state index contributed by atoms with van der Waals surface area (Å²) in [6.45, 7) is 1.72. The minimum atomic E-state index is -0.463. The van der Waals surface area contributed by atoms with Gasteiger partial charge in [-0.3, -0.25) is 20.2 Å². The number of thiocarbonyl (C=S) groups is 1. The molecule has 0 aliphatic rings. The Morgan fingerprint density at radius 2 is 1.86 bits per heavy atom. The average molecular weight is 391 g/mol. The van der Waals surface area contributed by atoms with Crippen LogP contribution in [0.3, 0.4) is 0 Å². The molecule has 0 spiro atoms. The molecule has 3 rings (SSSR count). The summed E-state index contributed by atoms with van der Waals surface area (Å²) in [6, 6.07) is 18.2. The summed E-state index contributed by atoms with van der Waals surface area (Å²) in [5.74, 6) is -0.370. The van der Waals surface area contributed by atoms with Crippen LogP contribution < -0.4 is 10.6 Å². The third kappa shape index (κ3) is 4.57. The number of carbonyl (C=O) groups is 1. The Morgan fingerprint density at radius 1 is 1.11 bits per heavy atom. The number of nitro benzene ring substituents is 1. The fourth-order valence-corrected chi connectivity index (χ4v) is 2.98. The van der Waals surface area contributed by atoms with Gasteiger partial charge in [-0.05, 0) is 53.2 Å². The van der Waals surface area contributed by atoms with Gasteiger partial charge in [-0.1, -0.05) is 42.5 Å². The maximum absolute atomic E-state index is 12.2. The molecule has 0 saturated heterocycles. The van der Waals surface area contributed by atoms with Crippen LogP contribution in [0.25, 0.3) is 16.8 Å². The first-order chi connectivity index (χ1) is 13.4. The molecule has 0 aliphatic heterocycles. The van der Waals surface area contributed by atoms with E-state index in [0.29, 0.717) is 11.3 Å². The maximum atomic E-state index is 12.2. The molecule has 0 radical (unpaired) electrons. The second-order valence-electron chi connectivity index (χ2n) is 6.10. The Morgan fingerprint density at radius 3 is 2.61 bits per heavy atom. The number of hydrogen-bond donors (Lipinski definition) is 2. The van der Waals surface area contributed by atoms with Crippen LogP contribution in [0.1, 0.15) is 11.1 Å². The van der Waals surface area contributed by atoms with E-state index in [4.69, 9.17) is 12.2 Å². The van der Waals surface area contributed by atoms with Crippen LogP contribution in [0.15, 0.2) is 66.7 Å². The molecule has 1 amide bonds. The molecule has 3 aromatic rings. The predicted octanol–water partition coefficient (Wildman–Crippen LogP) is 4.58. The zero-order valence-electron chi connectivity index (χ0n) is 15.0. The van der Waals surface area contributed by atoms with E-state index < -0.39 is 4.92 Å². The molecule has 2 N–H and O–H groups in total. The molecule has 6 nitrogen and oxygen atoms in total. The number of benzene rings is 3. The van der Waals surface area contributed by atoms with Crippen molar-refractivity contribution in [2.24, 2.45) is 0 Å². The molecule has 28 heavy (non-hydrogen) atoms. The van der Waals surface area contributed by atoms with Crippen molar-refractivity contribution in [3.05, 3.63) is 88.0 Å². The van der Waals surface area contributed by atoms with Crippen LogP contribution in [0, 0.1) is 17.0 Å². The van der Waals surface area contributed by atoms with Crippen molar-refractivity contribution >= 4 is 51.5 Å². The van der Waals surface area contributed by atoms with Crippen molar-refractivity contribution in [3.8, 4) is 0 Å². The van der Waals surface area contributed by atoms with Crippen molar-refractivity contribution in [1.29, 1.82) is 0 Å². The van der Waals surface area contributed by atoms with E-state index in [-0.39, 0.29) is 16.7 Å². The van der Waals surface area contributed by atoms with Gasteiger partial charge < -0.3 is 5.32 Å². The van der Waals surface area contributed by atoms with Crippen LogP contribution in [0.4, 0.5) is 11.4 Å². The minimum absolute atomic E-state index is 0.00368. The normalized spacial score (nSPS) is 10.8. The van der Waals surface area contributed by atoms with Crippen LogP contribution in [-0.4, -0.2) is 15.9 Å². The standard InChI is InChI=1S/C21H17N3O3S/c1-14-13-17(24(26)27)10-11-19(14)22-21(28)23-20(25)12-9-16-7-4-6-15-5-2-3-8-18(15)16/h2-13H,1H3,(H2,22,23,25,28). The fourth-order valence-electron chi connectivity index (χ4n) is 2.77. The third-order valence-electron chi connectivity index (χ3n) is 4.14. The largest absolute Gasteiger partial charge is 0.332 e. The first-order valence-electron chi connectivity index (χ1n) is 8.47. The SMILES string of the molecule is Cc1cc([N+](=O)[O-])ccc1NC(=S)NC(=O)C=Cc1cccc2ccccc12.